The van der Waals surface area contributed by atoms with E-state index in [0.29, 0.717) is 22.4 Å². The molecule has 5 heterocycles. The molecular weight excluding hydrogens is 558 g/mol. The molecule has 2 bridgehead atoms. The van der Waals surface area contributed by atoms with Gasteiger partial charge in [-0.05, 0) is 29.3 Å². The van der Waals surface area contributed by atoms with Crippen LogP contribution in [0.3, 0.4) is 0 Å². The molecule has 36 heavy (non-hydrogen) atoms. The van der Waals surface area contributed by atoms with Gasteiger partial charge in [0.15, 0.2) is 18.2 Å². The Bertz CT molecular complexity index is 1070. The minimum absolute atomic E-state index is 0. The molecule has 12 heteroatoms. The SMILES string of the molecule is O=C(C[N+]12CCC(CC1)[C@@H](OC(=O)C(O)(c1ccsc1)C1CCC(F)(F)C1)C2)Nc1ccncn1.[Br-]. The van der Waals surface area contributed by atoms with Gasteiger partial charge in [0.1, 0.15) is 18.7 Å². The molecule has 8 nitrogen and oxygen atoms in total. The molecule has 0 radical (unpaired) electrons. The van der Waals surface area contributed by atoms with E-state index in [4.69, 9.17) is 4.74 Å². The molecule has 3 saturated heterocycles. The molecule has 2 unspecified atom stereocenters. The van der Waals surface area contributed by atoms with Crippen LogP contribution in [0.15, 0.2) is 35.4 Å². The number of fused-ring (bicyclic) bond motifs is 3. The Balaban J connectivity index is 0.00000304. The predicted molar refractivity (Wildman–Crippen MR) is 123 cm³/mol. The average Bonchev–Trinajstić information content (AvgIpc) is 3.50. The van der Waals surface area contributed by atoms with E-state index in [2.05, 4.69) is 15.3 Å². The Hall–Kier alpha value is -2.02. The molecule has 4 fully saturated rings. The Labute approximate surface area is 222 Å². The molecule has 2 aromatic rings. The molecular formula is C24H29BrF2N4O4S. The Morgan fingerprint density at radius 2 is 2.06 bits per heavy atom. The predicted octanol–water partition coefficient (Wildman–Crippen LogP) is -0.0440. The summed E-state index contributed by atoms with van der Waals surface area (Å²) in [6.45, 7) is 2.25. The number of ether oxygens (including phenoxy) is 1. The monoisotopic (exact) mass is 586 g/mol. The normalized spacial score (nSPS) is 30.1. The van der Waals surface area contributed by atoms with Crippen molar-refractivity contribution < 1.29 is 49.7 Å². The van der Waals surface area contributed by atoms with Crippen LogP contribution in [0.25, 0.3) is 0 Å². The minimum Gasteiger partial charge on any atom is -1.00 e. The van der Waals surface area contributed by atoms with Gasteiger partial charge < -0.3 is 36.6 Å². The molecule has 6 rings (SSSR count). The quantitative estimate of drug-likeness (QED) is 0.349. The van der Waals surface area contributed by atoms with Gasteiger partial charge in [-0.1, -0.05) is 0 Å². The number of alkyl halides is 2. The van der Waals surface area contributed by atoms with Crippen molar-refractivity contribution >= 4 is 29.0 Å². The lowest BCUT2D eigenvalue weighted by Crippen LogP contribution is -3.00. The van der Waals surface area contributed by atoms with Crippen LogP contribution < -0.4 is 22.3 Å². The zero-order valence-electron chi connectivity index (χ0n) is 19.6. The standard InChI is InChI=1S/C24H28F2N4O4S.BrH/c25-23(26)6-1-17(11-23)24(33,18-5-10-35-14-18)22(32)34-19-12-30(8-3-16(19)4-9-30)13-21(31)29-20-2-7-27-15-28-20;/h2,5,7,10,14-17,19,33H,1,3-4,6,8-9,11-13H2;1H/t16?,17?,19-,24?,30?;/m0./s1. The Kier molecular flexibility index (Phi) is 7.80. The average molecular weight is 587 g/mol. The first-order valence-electron chi connectivity index (χ1n) is 11.9. The lowest BCUT2D eigenvalue weighted by atomic mass is 9.80. The number of hydrogen-bond acceptors (Lipinski definition) is 7. The number of hydrogen-bond donors (Lipinski definition) is 2. The number of anilines is 1. The number of piperidine rings is 3. The first-order chi connectivity index (χ1) is 16.7. The van der Waals surface area contributed by atoms with Crippen molar-refractivity contribution in [3.8, 4) is 0 Å². The molecule has 1 amide bonds. The van der Waals surface area contributed by atoms with Crippen LogP contribution in [0, 0.1) is 11.8 Å². The molecule has 0 aromatic carbocycles. The third-order valence-corrected chi connectivity index (χ3v) is 8.58. The molecule has 0 spiro atoms. The van der Waals surface area contributed by atoms with Crippen molar-refractivity contribution in [3.63, 3.8) is 0 Å². The zero-order chi connectivity index (χ0) is 24.7. The molecule has 2 N–H and O–H groups in total. The summed E-state index contributed by atoms with van der Waals surface area (Å²) in [7, 11) is 0. The highest BCUT2D eigenvalue weighted by molar-refractivity contribution is 7.08. The summed E-state index contributed by atoms with van der Waals surface area (Å²) in [4.78, 5) is 34.1. The van der Waals surface area contributed by atoms with E-state index in [9.17, 15) is 23.5 Å². The Morgan fingerprint density at radius 1 is 1.28 bits per heavy atom. The number of carbonyl (C=O) groups excluding carboxylic acids is 2. The number of thiophene rings is 1. The maximum absolute atomic E-state index is 14.0. The van der Waals surface area contributed by atoms with Crippen LogP contribution >= 0.6 is 11.3 Å². The van der Waals surface area contributed by atoms with Crippen LogP contribution in [0.1, 0.15) is 37.7 Å². The number of quaternary nitrogens is 1. The van der Waals surface area contributed by atoms with E-state index in [1.165, 1.54) is 17.7 Å². The number of aromatic nitrogens is 2. The van der Waals surface area contributed by atoms with Gasteiger partial charge in [-0.2, -0.15) is 11.3 Å². The number of nitrogens with one attached hydrogen (secondary N) is 1. The van der Waals surface area contributed by atoms with Crippen molar-refractivity contribution in [2.45, 2.75) is 49.7 Å². The molecule has 196 valence electrons. The summed E-state index contributed by atoms with van der Waals surface area (Å²) in [5, 5.41) is 17.7. The lowest BCUT2D eigenvalue weighted by Gasteiger charge is -2.51. The second kappa shape index (κ2) is 10.4. The number of esters is 1. The fraction of sp³-hybridized carbons (Fsp3) is 0.583. The largest absolute Gasteiger partial charge is 1.00 e. The van der Waals surface area contributed by atoms with Crippen molar-refractivity contribution in [1.29, 1.82) is 0 Å². The summed E-state index contributed by atoms with van der Waals surface area (Å²) in [6, 6.07) is 3.22. The van der Waals surface area contributed by atoms with Crippen LogP contribution in [0.4, 0.5) is 14.6 Å². The number of aliphatic hydroxyl groups is 1. The van der Waals surface area contributed by atoms with Gasteiger partial charge in [0.2, 0.25) is 5.92 Å². The highest BCUT2D eigenvalue weighted by Crippen LogP contribution is 2.49. The van der Waals surface area contributed by atoms with E-state index in [-0.39, 0.29) is 48.2 Å². The molecule has 1 aliphatic carbocycles. The second-order valence-electron chi connectivity index (χ2n) is 10.1. The number of carbonyl (C=O) groups is 2. The lowest BCUT2D eigenvalue weighted by molar-refractivity contribution is -0.939. The summed E-state index contributed by atoms with van der Waals surface area (Å²) >= 11 is 1.30. The topological polar surface area (TPSA) is 101 Å². The van der Waals surface area contributed by atoms with Gasteiger partial charge in [0.25, 0.3) is 5.91 Å². The smallest absolute Gasteiger partial charge is 0.343 e. The maximum Gasteiger partial charge on any atom is 0.343 e. The molecule has 1 saturated carbocycles. The zero-order valence-corrected chi connectivity index (χ0v) is 22.0. The van der Waals surface area contributed by atoms with Gasteiger partial charge in [-0.25, -0.2) is 23.5 Å². The molecule has 2 aromatic heterocycles. The van der Waals surface area contributed by atoms with Crippen LogP contribution in [-0.4, -0.2) is 69.6 Å². The minimum atomic E-state index is -2.91. The van der Waals surface area contributed by atoms with Crippen molar-refractivity contribution in [2.75, 3.05) is 31.5 Å². The number of halogens is 3. The van der Waals surface area contributed by atoms with E-state index >= 15 is 0 Å². The van der Waals surface area contributed by atoms with Gasteiger partial charge in [0.05, 0.1) is 13.1 Å². The summed E-state index contributed by atoms with van der Waals surface area (Å²) in [5.74, 6) is -4.31. The van der Waals surface area contributed by atoms with Gasteiger partial charge in [-0.3, -0.25) is 4.79 Å². The van der Waals surface area contributed by atoms with Crippen LogP contribution in [-0.2, 0) is 19.9 Å². The molecule has 3 atom stereocenters. The van der Waals surface area contributed by atoms with E-state index in [1.807, 2.05) is 0 Å². The van der Waals surface area contributed by atoms with Gasteiger partial charge >= 0.3 is 5.97 Å². The third-order valence-electron chi connectivity index (χ3n) is 7.90. The fourth-order valence-corrected chi connectivity index (χ4v) is 6.67. The van der Waals surface area contributed by atoms with Crippen molar-refractivity contribution in [2.24, 2.45) is 11.8 Å². The number of rotatable bonds is 7. The molecule has 4 aliphatic rings. The van der Waals surface area contributed by atoms with E-state index < -0.39 is 35.9 Å². The van der Waals surface area contributed by atoms with Gasteiger partial charge in [0, 0.05) is 49.3 Å². The number of nitrogens with zero attached hydrogens (tertiary/aromatic N) is 3. The van der Waals surface area contributed by atoms with Crippen LogP contribution in [0.2, 0.25) is 0 Å². The fourth-order valence-electron chi connectivity index (χ4n) is 5.96. The summed E-state index contributed by atoms with van der Waals surface area (Å²) in [6.07, 6.45) is 3.14. The van der Waals surface area contributed by atoms with Crippen LogP contribution in [0.5, 0.6) is 0 Å². The van der Waals surface area contributed by atoms with E-state index in [0.717, 1.165) is 25.9 Å². The first kappa shape index (κ1) is 27.0. The second-order valence-corrected chi connectivity index (χ2v) is 10.9. The summed E-state index contributed by atoms with van der Waals surface area (Å²) in [5.41, 5.74) is -1.80. The highest BCUT2D eigenvalue weighted by Gasteiger charge is 2.56. The number of amides is 1. The third kappa shape index (κ3) is 5.32. The van der Waals surface area contributed by atoms with Crippen molar-refractivity contribution in [1.82, 2.24) is 9.97 Å². The highest BCUT2D eigenvalue weighted by atomic mass is 79.9. The molecule has 3 aliphatic heterocycles. The van der Waals surface area contributed by atoms with Crippen molar-refractivity contribution in [3.05, 3.63) is 41.0 Å². The first-order valence-corrected chi connectivity index (χ1v) is 12.9. The summed E-state index contributed by atoms with van der Waals surface area (Å²) < 4.78 is 34.5. The van der Waals surface area contributed by atoms with Gasteiger partial charge in [-0.15, -0.1) is 0 Å². The Morgan fingerprint density at radius 3 is 2.67 bits per heavy atom. The van der Waals surface area contributed by atoms with E-state index in [1.54, 1.807) is 29.1 Å². The maximum atomic E-state index is 14.0.